The van der Waals surface area contributed by atoms with Crippen molar-refractivity contribution in [2.75, 3.05) is 20.3 Å². The lowest BCUT2D eigenvalue weighted by molar-refractivity contribution is -0.137. The number of nitrogens with zero attached hydrogens (tertiary/aromatic N) is 3. The molecule has 5 nitrogen and oxygen atoms in total. The summed E-state index contributed by atoms with van der Waals surface area (Å²) in [5.41, 5.74) is 0.893. The van der Waals surface area contributed by atoms with Gasteiger partial charge in [-0.25, -0.2) is 0 Å². The van der Waals surface area contributed by atoms with Gasteiger partial charge in [-0.3, -0.25) is 4.90 Å². The van der Waals surface area contributed by atoms with Gasteiger partial charge >= 0.3 is 6.18 Å². The van der Waals surface area contributed by atoms with Crippen molar-refractivity contribution in [2.24, 2.45) is 0 Å². The highest BCUT2D eigenvalue weighted by molar-refractivity contribution is 5.54. The van der Waals surface area contributed by atoms with Gasteiger partial charge in [0.05, 0.1) is 18.7 Å². The van der Waals surface area contributed by atoms with Crippen LogP contribution in [0.5, 0.6) is 0 Å². The lowest BCUT2D eigenvalue weighted by atomic mass is 10.1. The Kier molecular flexibility index (Phi) is 6.43. The second kappa shape index (κ2) is 8.99. The summed E-state index contributed by atoms with van der Waals surface area (Å²) in [5.74, 6) is 0.650. The Bertz CT molecular complexity index is 864. The van der Waals surface area contributed by atoms with E-state index in [4.69, 9.17) is 9.26 Å². The number of ether oxygens (including phenoxy) is 1. The predicted octanol–water partition coefficient (Wildman–Crippen LogP) is 4.40. The van der Waals surface area contributed by atoms with E-state index >= 15 is 0 Å². The molecule has 0 aliphatic heterocycles. The summed E-state index contributed by atoms with van der Waals surface area (Å²) in [7, 11) is 1.64. The van der Waals surface area contributed by atoms with E-state index in [1.807, 2.05) is 30.3 Å². The van der Waals surface area contributed by atoms with Gasteiger partial charge in [0.15, 0.2) is 0 Å². The third-order valence-electron chi connectivity index (χ3n) is 4.16. The van der Waals surface area contributed by atoms with Crippen molar-refractivity contribution >= 4 is 0 Å². The summed E-state index contributed by atoms with van der Waals surface area (Å²) in [6, 6.07) is 14.6. The number of halogens is 3. The molecule has 1 aromatic heterocycles. The number of hydrogen-bond acceptors (Lipinski definition) is 5. The molecule has 0 radical (unpaired) electrons. The van der Waals surface area contributed by atoms with Crippen molar-refractivity contribution in [2.45, 2.75) is 19.3 Å². The summed E-state index contributed by atoms with van der Waals surface area (Å²) in [6.07, 6.45) is -4.37. The van der Waals surface area contributed by atoms with Crippen LogP contribution >= 0.6 is 0 Å². The maximum absolute atomic E-state index is 12.7. The van der Waals surface area contributed by atoms with Crippen molar-refractivity contribution in [3.05, 3.63) is 71.6 Å². The van der Waals surface area contributed by atoms with Crippen LogP contribution in [0.3, 0.4) is 0 Å². The van der Waals surface area contributed by atoms with E-state index in [0.717, 1.165) is 17.7 Å². The lowest BCUT2D eigenvalue weighted by Crippen LogP contribution is -2.26. The molecule has 8 heteroatoms. The zero-order valence-corrected chi connectivity index (χ0v) is 15.3. The Morgan fingerprint density at radius 1 is 1.00 bits per heavy atom. The first kappa shape index (κ1) is 20.0. The highest BCUT2D eigenvalue weighted by Gasteiger charge is 2.30. The number of aromatic nitrogens is 2. The summed E-state index contributed by atoms with van der Waals surface area (Å²) in [6.45, 7) is 2.31. The number of alkyl halides is 3. The topological polar surface area (TPSA) is 51.4 Å². The molecule has 3 aromatic rings. The van der Waals surface area contributed by atoms with Gasteiger partial charge in [0.2, 0.25) is 11.7 Å². The second-order valence-electron chi connectivity index (χ2n) is 6.28. The third-order valence-corrected chi connectivity index (χ3v) is 4.16. The SMILES string of the molecule is COCCN(Cc1ccccc1)Cc1nc(-c2ccc(C(F)(F)F)cc2)no1. The van der Waals surface area contributed by atoms with Gasteiger partial charge in [0, 0.05) is 25.8 Å². The van der Waals surface area contributed by atoms with E-state index in [0.29, 0.717) is 37.7 Å². The predicted molar refractivity (Wildman–Crippen MR) is 97.2 cm³/mol. The molecule has 148 valence electrons. The Hall–Kier alpha value is -2.71. The monoisotopic (exact) mass is 391 g/mol. The van der Waals surface area contributed by atoms with Crippen LogP contribution in [0.4, 0.5) is 13.2 Å². The van der Waals surface area contributed by atoms with E-state index in [1.165, 1.54) is 12.1 Å². The second-order valence-corrected chi connectivity index (χ2v) is 6.28. The van der Waals surface area contributed by atoms with Crippen LogP contribution in [-0.2, 0) is 24.0 Å². The van der Waals surface area contributed by atoms with Crippen LogP contribution in [0, 0.1) is 0 Å². The molecule has 0 N–H and O–H groups in total. The van der Waals surface area contributed by atoms with Crippen molar-refractivity contribution in [1.29, 1.82) is 0 Å². The van der Waals surface area contributed by atoms with Crippen LogP contribution in [0.2, 0.25) is 0 Å². The van der Waals surface area contributed by atoms with Crippen LogP contribution in [-0.4, -0.2) is 35.3 Å². The van der Waals surface area contributed by atoms with Crippen molar-refractivity contribution in [1.82, 2.24) is 15.0 Å². The fraction of sp³-hybridized carbons (Fsp3) is 0.300. The molecule has 0 bridgehead atoms. The van der Waals surface area contributed by atoms with Crippen LogP contribution in [0.15, 0.2) is 59.1 Å². The van der Waals surface area contributed by atoms with Gasteiger partial charge in [-0.15, -0.1) is 0 Å². The van der Waals surface area contributed by atoms with E-state index in [2.05, 4.69) is 15.0 Å². The fourth-order valence-electron chi connectivity index (χ4n) is 2.71. The van der Waals surface area contributed by atoms with Gasteiger partial charge < -0.3 is 9.26 Å². The highest BCUT2D eigenvalue weighted by Crippen LogP contribution is 2.30. The molecule has 0 amide bonds. The molecule has 0 saturated heterocycles. The molecule has 0 fully saturated rings. The number of hydrogen-bond donors (Lipinski definition) is 0. The summed E-state index contributed by atoms with van der Waals surface area (Å²) >= 11 is 0. The van der Waals surface area contributed by atoms with Crippen molar-refractivity contribution < 1.29 is 22.4 Å². The Balaban J connectivity index is 1.70. The quantitative estimate of drug-likeness (QED) is 0.570. The molecule has 0 aliphatic rings. The minimum atomic E-state index is -4.37. The summed E-state index contributed by atoms with van der Waals surface area (Å²) < 4.78 is 48.5. The van der Waals surface area contributed by atoms with Crippen LogP contribution in [0.25, 0.3) is 11.4 Å². The number of benzene rings is 2. The average Bonchev–Trinajstić information content (AvgIpc) is 3.15. The van der Waals surface area contributed by atoms with E-state index < -0.39 is 11.7 Å². The molecule has 0 aliphatic carbocycles. The van der Waals surface area contributed by atoms with E-state index in [9.17, 15) is 13.2 Å². The maximum Gasteiger partial charge on any atom is 0.416 e. The first-order chi connectivity index (χ1) is 13.5. The zero-order chi connectivity index (χ0) is 20.0. The van der Waals surface area contributed by atoms with Gasteiger partial charge in [0.25, 0.3) is 0 Å². The molecule has 0 spiro atoms. The molecule has 28 heavy (non-hydrogen) atoms. The van der Waals surface area contributed by atoms with Crippen molar-refractivity contribution in [3.63, 3.8) is 0 Å². The smallest absolute Gasteiger partial charge is 0.383 e. The largest absolute Gasteiger partial charge is 0.416 e. The molecule has 0 atom stereocenters. The maximum atomic E-state index is 12.7. The summed E-state index contributed by atoms with van der Waals surface area (Å²) in [4.78, 5) is 6.42. The molecule has 0 saturated carbocycles. The first-order valence-electron chi connectivity index (χ1n) is 8.71. The fourth-order valence-corrected chi connectivity index (χ4v) is 2.71. The van der Waals surface area contributed by atoms with Gasteiger partial charge in [-0.2, -0.15) is 18.2 Å². The molecular formula is C20H20F3N3O2. The zero-order valence-electron chi connectivity index (χ0n) is 15.3. The minimum absolute atomic E-state index is 0.259. The molecule has 3 rings (SSSR count). The standard InChI is InChI=1S/C20H20F3N3O2/c1-27-12-11-26(13-15-5-3-2-4-6-15)14-18-24-19(25-28-18)16-7-9-17(10-8-16)20(21,22)23/h2-10H,11-14H2,1H3. The number of methoxy groups -OCH3 is 1. The van der Waals surface area contributed by atoms with Crippen molar-refractivity contribution in [3.8, 4) is 11.4 Å². The normalized spacial score (nSPS) is 11.9. The van der Waals surface area contributed by atoms with E-state index in [-0.39, 0.29) is 5.82 Å². The molecule has 0 unspecified atom stereocenters. The van der Waals surface area contributed by atoms with E-state index in [1.54, 1.807) is 7.11 Å². The average molecular weight is 391 g/mol. The molecular weight excluding hydrogens is 371 g/mol. The Morgan fingerprint density at radius 2 is 1.71 bits per heavy atom. The Labute approximate surface area is 160 Å². The Morgan fingerprint density at radius 3 is 2.36 bits per heavy atom. The van der Waals surface area contributed by atoms with Gasteiger partial charge in [-0.1, -0.05) is 47.6 Å². The third kappa shape index (κ3) is 5.40. The first-order valence-corrected chi connectivity index (χ1v) is 8.71. The molecule has 2 aromatic carbocycles. The van der Waals surface area contributed by atoms with Gasteiger partial charge in [-0.05, 0) is 17.7 Å². The van der Waals surface area contributed by atoms with Crippen LogP contribution in [0.1, 0.15) is 17.0 Å². The highest BCUT2D eigenvalue weighted by atomic mass is 19.4. The lowest BCUT2D eigenvalue weighted by Gasteiger charge is -2.20. The number of rotatable bonds is 8. The minimum Gasteiger partial charge on any atom is -0.383 e. The van der Waals surface area contributed by atoms with Crippen LogP contribution < -0.4 is 0 Å². The van der Waals surface area contributed by atoms with Gasteiger partial charge in [0.1, 0.15) is 0 Å². The summed E-state index contributed by atoms with van der Waals surface area (Å²) in [5, 5.41) is 3.89. The molecule has 1 heterocycles.